The molecule has 3 rings (SSSR count). The van der Waals surface area contributed by atoms with Crippen molar-refractivity contribution < 1.29 is 9.90 Å². The van der Waals surface area contributed by atoms with Gasteiger partial charge in [0, 0.05) is 22.6 Å². The number of halogens is 1. The van der Waals surface area contributed by atoms with E-state index in [0.717, 1.165) is 15.6 Å². The lowest BCUT2D eigenvalue weighted by Gasteiger charge is -2.11. The van der Waals surface area contributed by atoms with Crippen LogP contribution < -0.4 is 10.6 Å². The molecule has 26 heavy (non-hydrogen) atoms. The molecular formula is C19H17BrN4O2. The molecule has 2 aromatic carbocycles. The summed E-state index contributed by atoms with van der Waals surface area (Å²) in [5.74, 6) is -0.0837. The van der Waals surface area contributed by atoms with Crippen LogP contribution in [0.3, 0.4) is 0 Å². The van der Waals surface area contributed by atoms with Gasteiger partial charge in [0.25, 0.3) is 0 Å². The predicted molar refractivity (Wildman–Crippen MR) is 105 cm³/mol. The van der Waals surface area contributed by atoms with E-state index in [1.165, 1.54) is 0 Å². The number of carboxylic acid groups (broad SMARTS) is 1. The second kappa shape index (κ2) is 8.44. The molecule has 0 bridgehead atoms. The Labute approximate surface area is 159 Å². The number of aromatic nitrogens is 2. The fourth-order valence-corrected chi connectivity index (χ4v) is 2.81. The highest BCUT2D eigenvalue weighted by molar-refractivity contribution is 9.10. The molecule has 0 saturated heterocycles. The van der Waals surface area contributed by atoms with Gasteiger partial charge in [-0.1, -0.05) is 58.4 Å². The van der Waals surface area contributed by atoms with Crippen LogP contribution in [0.15, 0.2) is 65.1 Å². The van der Waals surface area contributed by atoms with Crippen LogP contribution in [0.1, 0.15) is 5.56 Å². The van der Waals surface area contributed by atoms with E-state index in [0.29, 0.717) is 18.1 Å². The second-order valence-electron chi connectivity index (χ2n) is 5.56. The van der Waals surface area contributed by atoms with Gasteiger partial charge in [-0.2, -0.15) is 4.98 Å². The number of hydrogen-bond donors (Lipinski definition) is 3. The SMILES string of the molecule is O=C(O)CNc1nc(NCc2cccc(Br)c2)cc(-c2ccccc2)n1. The first kappa shape index (κ1) is 17.9. The third-order valence-electron chi connectivity index (χ3n) is 3.56. The average Bonchev–Trinajstić information content (AvgIpc) is 2.65. The van der Waals surface area contributed by atoms with E-state index in [1.54, 1.807) is 0 Å². The number of anilines is 2. The molecule has 0 saturated carbocycles. The quantitative estimate of drug-likeness (QED) is 0.543. The molecule has 0 spiro atoms. The van der Waals surface area contributed by atoms with Gasteiger partial charge in [0.2, 0.25) is 5.95 Å². The molecule has 0 atom stereocenters. The van der Waals surface area contributed by atoms with Gasteiger partial charge < -0.3 is 15.7 Å². The highest BCUT2D eigenvalue weighted by Gasteiger charge is 2.08. The molecule has 0 aliphatic rings. The molecule has 0 aliphatic carbocycles. The summed E-state index contributed by atoms with van der Waals surface area (Å²) in [6.07, 6.45) is 0. The molecule has 3 aromatic rings. The summed E-state index contributed by atoms with van der Waals surface area (Å²) in [5.41, 5.74) is 2.74. The van der Waals surface area contributed by atoms with Crippen LogP contribution in [-0.2, 0) is 11.3 Å². The predicted octanol–water partition coefficient (Wildman–Crippen LogP) is 4.01. The topological polar surface area (TPSA) is 87.1 Å². The van der Waals surface area contributed by atoms with E-state index in [-0.39, 0.29) is 12.5 Å². The van der Waals surface area contributed by atoms with Crippen molar-refractivity contribution in [2.45, 2.75) is 6.54 Å². The zero-order valence-electron chi connectivity index (χ0n) is 13.8. The van der Waals surface area contributed by atoms with E-state index in [2.05, 4.69) is 36.5 Å². The summed E-state index contributed by atoms with van der Waals surface area (Å²) < 4.78 is 1.01. The lowest BCUT2D eigenvalue weighted by Crippen LogP contribution is -2.15. The maximum atomic E-state index is 10.8. The molecular weight excluding hydrogens is 396 g/mol. The van der Waals surface area contributed by atoms with Crippen molar-refractivity contribution in [1.29, 1.82) is 0 Å². The third-order valence-corrected chi connectivity index (χ3v) is 4.05. The van der Waals surface area contributed by atoms with Crippen LogP contribution >= 0.6 is 15.9 Å². The maximum Gasteiger partial charge on any atom is 0.322 e. The summed E-state index contributed by atoms with van der Waals surface area (Å²) in [6.45, 7) is 0.340. The van der Waals surface area contributed by atoms with Crippen molar-refractivity contribution in [3.63, 3.8) is 0 Å². The second-order valence-corrected chi connectivity index (χ2v) is 6.47. The Morgan fingerprint density at radius 3 is 2.54 bits per heavy atom. The molecule has 0 fully saturated rings. The van der Waals surface area contributed by atoms with Crippen molar-refractivity contribution in [2.75, 3.05) is 17.2 Å². The maximum absolute atomic E-state index is 10.8. The fraction of sp³-hybridized carbons (Fsp3) is 0.105. The third kappa shape index (κ3) is 5.03. The zero-order valence-corrected chi connectivity index (χ0v) is 15.4. The molecule has 0 aliphatic heterocycles. The van der Waals surface area contributed by atoms with E-state index >= 15 is 0 Å². The van der Waals surface area contributed by atoms with Gasteiger partial charge in [-0.05, 0) is 17.7 Å². The van der Waals surface area contributed by atoms with Crippen LogP contribution in [0.4, 0.5) is 11.8 Å². The molecule has 1 heterocycles. The highest BCUT2D eigenvalue weighted by Crippen LogP contribution is 2.22. The number of rotatable bonds is 7. The molecule has 7 heteroatoms. The molecule has 132 valence electrons. The number of carbonyl (C=O) groups is 1. The number of nitrogens with one attached hydrogen (secondary N) is 2. The largest absolute Gasteiger partial charge is 0.480 e. The minimum atomic E-state index is -0.970. The number of benzene rings is 2. The van der Waals surface area contributed by atoms with Gasteiger partial charge in [0.05, 0.1) is 5.69 Å². The van der Waals surface area contributed by atoms with Crippen molar-refractivity contribution in [1.82, 2.24) is 9.97 Å². The van der Waals surface area contributed by atoms with Crippen LogP contribution in [-0.4, -0.2) is 27.6 Å². The fourth-order valence-electron chi connectivity index (χ4n) is 2.37. The Morgan fingerprint density at radius 2 is 1.81 bits per heavy atom. The molecule has 0 radical (unpaired) electrons. The standard InChI is InChI=1S/C19H17BrN4O2/c20-15-8-4-5-13(9-15)11-21-17-10-16(14-6-2-1-3-7-14)23-19(24-17)22-12-18(25)26/h1-10H,11-12H2,(H,25,26)(H2,21,22,23,24). The van der Waals surface area contributed by atoms with Crippen LogP contribution in [0, 0.1) is 0 Å². The Bertz CT molecular complexity index is 903. The number of carboxylic acids is 1. The smallest absolute Gasteiger partial charge is 0.322 e. The Kier molecular flexibility index (Phi) is 5.80. The first-order chi connectivity index (χ1) is 12.6. The minimum Gasteiger partial charge on any atom is -0.480 e. The summed E-state index contributed by atoms with van der Waals surface area (Å²) >= 11 is 3.46. The van der Waals surface area contributed by atoms with Crippen LogP contribution in [0.2, 0.25) is 0 Å². The molecule has 0 amide bonds. The van der Waals surface area contributed by atoms with E-state index in [9.17, 15) is 4.79 Å². The van der Waals surface area contributed by atoms with E-state index in [1.807, 2.05) is 60.7 Å². The highest BCUT2D eigenvalue weighted by atomic mass is 79.9. The van der Waals surface area contributed by atoms with Gasteiger partial charge in [0.15, 0.2) is 0 Å². The summed E-state index contributed by atoms with van der Waals surface area (Å²) in [7, 11) is 0. The van der Waals surface area contributed by atoms with Gasteiger partial charge in [-0.15, -0.1) is 0 Å². The van der Waals surface area contributed by atoms with Crippen molar-refractivity contribution in [3.8, 4) is 11.3 Å². The van der Waals surface area contributed by atoms with Crippen molar-refractivity contribution in [2.24, 2.45) is 0 Å². The van der Waals surface area contributed by atoms with Gasteiger partial charge in [-0.3, -0.25) is 4.79 Å². The molecule has 0 unspecified atom stereocenters. The minimum absolute atomic E-state index is 0.247. The summed E-state index contributed by atoms with van der Waals surface area (Å²) in [5, 5.41) is 14.9. The monoisotopic (exact) mass is 412 g/mol. The van der Waals surface area contributed by atoms with Gasteiger partial charge in [0.1, 0.15) is 12.4 Å². The van der Waals surface area contributed by atoms with Crippen LogP contribution in [0.25, 0.3) is 11.3 Å². The Hall–Kier alpha value is -2.93. The molecule has 3 N–H and O–H groups in total. The normalized spacial score (nSPS) is 10.3. The Morgan fingerprint density at radius 1 is 1.00 bits per heavy atom. The zero-order chi connectivity index (χ0) is 18.4. The average molecular weight is 413 g/mol. The van der Waals surface area contributed by atoms with Crippen molar-refractivity contribution >= 4 is 33.7 Å². The van der Waals surface area contributed by atoms with Crippen LogP contribution in [0.5, 0.6) is 0 Å². The molecule has 6 nitrogen and oxygen atoms in total. The number of hydrogen-bond acceptors (Lipinski definition) is 5. The van der Waals surface area contributed by atoms with Gasteiger partial charge >= 0.3 is 5.97 Å². The summed E-state index contributed by atoms with van der Waals surface area (Å²) in [4.78, 5) is 19.6. The summed E-state index contributed by atoms with van der Waals surface area (Å²) in [6, 6.07) is 19.5. The lowest BCUT2D eigenvalue weighted by molar-refractivity contribution is -0.134. The number of aliphatic carboxylic acids is 1. The Balaban J connectivity index is 1.85. The first-order valence-electron chi connectivity index (χ1n) is 7.98. The van der Waals surface area contributed by atoms with Crippen molar-refractivity contribution in [3.05, 3.63) is 70.7 Å². The van der Waals surface area contributed by atoms with E-state index in [4.69, 9.17) is 5.11 Å². The number of nitrogens with zero attached hydrogens (tertiary/aromatic N) is 2. The lowest BCUT2D eigenvalue weighted by atomic mass is 10.1. The first-order valence-corrected chi connectivity index (χ1v) is 8.78. The van der Waals surface area contributed by atoms with E-state index < -0.39 is 5.97 Å². The van der Waals surface area contributed by atoms with Gasteiger partial charge in [-0.25, -0.2) is 4.98 Å². The molecule has 1 aromatic heterocycles.